The van der Waals surface area contributed by atoms with Crippen molar-refractivity contribution in [2.45, 2.75) is 25.8 Å². The fraction of sp³-hybridized carbons (Fsp3) is 0.350. The minimum atomic E-state index is -1.21. The molecule has 2 fully saturated rings. The van der Waals surface area contributed by atoms with Crippen LogP contribution in [0.25, 0.3) is 5.76 Å². The number of hydrogen-bond donors (Lipinski definition) is 4. The van der Waals surface area contributed by atoms with Gasteiger partial charge in [-0.05, 0) is 48.8 Å². The number of hydrogen-bond acceptors (Lipinski definition) is 7. The van der Waals surface area contributed by atoms with Crippen LogP contribution >= 0.6 is 0 Å². The maximum absolute atomic E-state index is 13.1. The Morgan fingerprint density at radius 3 is 2.48 bits per heavy atom. The lowest BCUT2D eigenvalue weighted by Gasteiger charge is -2.43. The van der Waals surface area contributed by atoms with Crippen LogP contribution in [0.4, 0.5) is 0 Å². The van der Waals surface area contributed by atoms with Crippen LogP contribution in [0, 0.1) is 24.7 Å². The first-order valence-corrected chi connectivity index (χ1v) is 8.75. The number of benzene rings is 1. The van der Waals surface area contributed by atoms with Gasteiger partial charge in [-0.3, -0.25) is 14.4 Å². The lowest BCUT2D eigenvalue weighted by molar-refractivity contribution is -0.138. The molecular formula is C20H19NO6. The third-order valence-corrected chi connectivity index (χ3v) is 6.12. The van der Waals surface area contributed by atoms with Gasteiger partial charge in [-0.25, -0.2) is 0 Å². The van der Waals surface area contributed by atoms with Crippen LogP contribution in [0.15, 0.2) is 29.5 Å². The highest BCUT2D eigenvalue weighted by molar-refractivity contribution is 6.31. The van der Waals surface area contributed by atoms with E-state index in [2.05, 4.69) is 0 Å². The van der Waals surface area contributed by atoms with E-state index in [1.54, 1.807) is 6.07 Å². The van der Waals surface area contributed by atoms with Gasteiger partial charge in [0.05, 0.1) is 29.4 Å². The lowest BCUT2D eigenvalue weighted by Crippen LogP contribution is -2.57. The average Bonchev–Trinajstić information content (AvgIpc) is 2.63. The molecule has 0 bridgehead atoms. The van der Waals surface area contributed by atoms with Crippen molar-refractivity contribution in [1.29, 1.82) is 0 Å². The van der Waals surface area contributed by atoms with Crippen molar-refractivity contribution in [3.8, 4) is 5.75 Å². The summed E-state index contributed by atoms with van der Waals surface area (Å²) in [5, 5.41) is 30.2. The zero-order valence-electron chi connectivity index (χ0n) is 14.6. The number of phenols is 1. The first-order chi connectivity index (χ1) is 12.8. The highest BCUT2D eigenvalue weighted by Gasteiger charge is 2.55. The van der Waals surface area contributed by atoms with E-state index in [-0.39, 0.29) is 22.6 Å². The maximum atomic E-state index is 13.1. The number of ketones is 3. The fourth-order valence-corrected chi connectivity index (χ4v) is 4.75. The Morgan fingerprint density at radius 2 is 1.81 bits per heavy atom. The summed E-state index contributed by atoms with van der Waals surface area (Å²) in [5.74, 6) is -4.76. The number of allylic oxidation sites excluding steroid dienone is 1. The van der Waals surface area contributed by atoms with E-state index in [1.807, 2.05) is 6.92 Å². The predicted octanol–water partition coefficient (Wildman–Crippen LogP) is 1.27. The van der Waals surface area contributed by atoms with Crippen LogP contribution in [0.3, 0.4) is 0 Å². The van der Waals surface area contributed by atoms with Crippen LogP contribution < -0.4 is 5.73 Å². The van der Waals surface area contributed by atoms with E-state index in [0.29, 0.717) is 19.1 Å². The molecule has 0 aliphatic heterocycles. The van der Waals surface area contributed by atoms with Gasteiger partial charge in [0.15, 0.2) is 17.3 Å². The monoisotopic (exact) mass is 369 g/mol. The Hall–Kier alpha value is -2.93. The molecule has 140 valence electrons. The van der Waals surface area contributed by atoms with Gasteiger partial charge in [-0.1, -0.05) is 6.07 Å². The maximum Gasteiger partial charge on any atom is 0.186 e. The Labute approximate surface area is 154 Å². The van der Waals surface area contributed by atoms with Gasteiger partial charge in [0, 0.05) is 5.57 Å². The first-order valence-electron chi connectivity index (χ1n) is 8.75. The molecule has 3 aliphatic rings. The number of phenolic OH excluding ortho intramolecular Hbond substituents is 1. The van der Waals surface area contributed by atoms with Gasteiger partial charge in [0.2, 0.25) is 0 Å². The van der Waals surface area contributed by atoms with E-state index in [4.69, 9.17) is 5.73 Å². The van der Waals surface area contributed by atoms with Crippen LogP contribution in [-0.4, -0.2) is 38.7 Å². The second-order valence-electron chi connectivity index (χ2n) is 7.46. The van der Waals surface area contributed by atoms with Crippen molar-refractivity contribution in [3.05, 3.63) is 46.2 Å². The molecule has 7 heteroatoms. The predicted molar refractivity (Wildman–Crippen MR) is 94.9 cm³/mol. The zero-order valence-corrected chi connectivity index (χ0v) is 14.6. The summed E-state index contributed by atoms with van der Waals surface area (Å²) < 4.78 is 0. The largest absolute Gasteiger partial charge is 0.515 e. The molecule has 1 aromatic rings. The molecule has 0 spiro atoms. The molecule has 0 aromatic heterocycles. The molecule has 2 saturated carbocycles. The summed E-state index contributed by atoms with van der Waals surface area (Å²) in [6, 6.07) is 2.12. The molecule has 3 aliphatic carbocycles. The molecule has 0 heterocycles. The number of carbonyl (C=O) groups is 3. The normalized spacial score (nSPS) is 31.6. The zero-order chi connectivity index (χ0) is 19.6. The standard InChI is InChI=1S/C20H19NO6/c1-7-2-3-12(23)14-9(7)4-8-5-10-15(20(27)13(8)19(14)26)17(24)11(6-22)18(25)16(10)21/h2-3,6,8,10,15-16,22-23,26H,4-5,21H2,1H3. The van der Waals surface area contributed by atoms with Crippen LogP contribution in [0.2, 0.25) is 0 Å². The van der Waals surface area contributed by atoms with Crippen molar-refractivity contribution in [2.24, 2.45) is 23.5 Å². The van der Waals surface area contributed by atoms with Crippen LogP contribution in [0.5, 0.6) is 5.75 Å². The Bertz CT molecular complexity index is 973. The Morgan fingerprint density at radius 1 is 1.11 bits per heavy atom. The second kappa shape index (κ2) is 5.79. The summed E-state index contributed by atoms with van der Waals surface area (Å²) >= 11 is 0. The number of carbonyl (C=O) groups excluding carboxylic acids is 3. The number of aliphatic hydroxyl groups excluding tert-OH is 2. The number of fused-ring (bicyclic) bond motifs is 3. The summed E-state index contributed by atoms with van der Waals surface area (Å²) in [6.45, 7) is 1.85. The minimum Gasteiger partial charge on any atom is -0.515 e. The van der Waals surface area contributed by atoms with E-state index >= 15 is 0 Å². The smallest absolute Gasteiger partial charge is 0.186 e. The molecule has 5 N–H and O–H groups in total. The van der Waals surface area contributed by atoms with Gasteiger partial charge in [0.25, 0.3) is 0 Å². The number of Topliss-reactive ketones (excluding diaryl/α,β-unsaturated/α-hetero) is 3. The third-order valence-electron chi connectivity index (χ3n) is 6.12. The van der Waals surface area contributed by atoms with Gasteiger partial charge in [-0.2, -0.15) is 0 Å². The Kier molecular flexibility index (Phi) is 3.75. The van der Waals surface area contributed by atoms with Crippen molar-refractivity contribution >= 4 is 23.1 Å². The molecule has 0 radical (unpaired) electrons. The quantitative estimate of drug-likeness (QED) is 0.234. The molecule has 0 amide bonds. The van der Waals surface area contributed by atoms with E-state index in [9.17, 15) is 29.7 Å². The van der Waals surface area contributed by atoms with E-state index in [0.717, 1.165) is 11.1 Å². The van der Waals surface area contributed by atoms with Crippen molar-refractivity contribution in [3.63, 3.8) is 0 Å². The van der Waals surface area contributed by atoms with Crippen molar-refractivity contribution < 1.29 is 29.7 Å². The van der Waals surface area contributed by atoms with E-state index in [1.165, 1.54) is 6.07 Å². The topological polar surface area (TPSA) is 138 Å². The molecule has 7 nitrogen and oxygen atoms in total. The van der Waals surface area contributed by atoms with Crippen LogP contribution in [0.1, 0.15) is 23.1 Å². The number of aliphatic hydroxyl groups is 2. The minimum absolute atomic E-state index is 0.0943. The molecule has 1 aromatic carbocycles. The van der Waals surface area contributed by atoms with Gasteiger partial charge >= 0.3 is 0 Å². The number of nitrogens with two attached hydrogens (primary N) is 1. The van der Waals surface area contributed by atoms with E-state index < -0.39 is 46.7 Å². The molecule has 27 heavy (non-hydrogen) atoms. The fourth-order valence-electron chi connectivity index (χ4n) is 4.75. The van der Waals surface area contributed by atoms with Gasteiger partial charge in [-0.15, -0.1) is 0 Å². The first kappa shape index (κ1) is 17.5. The second-order valence-corrected chi connectivity index (χ2v) is 7.46. The van der Waals surface area contributed by atoms with Crippen LogP contribution in [-0.2, 0) is 20.8 Å². The number of rotatable bonds is 0. The Balaban J connectivity index is 1.88. The van der Waals surface area contributed by atoms with Gasteiger partial charge < -0.3 is 21.1 Å². The average molecular weight is 369 g/mol. The third kappa shape index (κ3) is 2.21. The molecule has 4 atom stereocenters. The summed E-state index contributed by atoms with van der Waals surface area (Å²) in [5.41, 5.74) is 7.44. The SMILES string of the molecule is Cc1ccc(O)c2c1CC1CC3C(N)C(=O)C(=CO)C(=O)C3C(=O)C1=C2O. The molecule has 4 unspecified atom stereocenters. The molecular weight excluding hydrogens is 350 g/mol. The van der Waals surface area contributed by atoms with Crippen molar-refractivity contribution in [1.82, 2.24) is 0 Å². The number of aromatic hydroxyl groups is 1. The summed E-state index contributed by atoms with van der Waals surface area (Å²) in [6.07, 6.45) is 1.10. The molecule has 0 saturated heterocycles. The van der Waals surface area contributed by atoms with Gasteiger partial charge in [0.1, 0.15) is 11.5 Å². The number of aryl methyl sites for hydroxylation is 1. The highest BCUT2D eigenvalue weighted by atomic mass is 16.3. The molecule has 4 rings (SSSR count). The van der Waals surface area contributed by atoms with Crippen molar-refractivity contribution in [2.75, 3.05) is 0 Å². The lowest BCUT2D eigenvalue weighted by atomic mass is 9.59. The summed E-state index contributed by atoms with van der Waals surface area (Å²) in [4.78, 5) is 38.0. The highest BCUT2D eigenvalue weighted by Crippen LogP contribution is 2.49. The summed E-state index contributed by atoms with van der Waals surface area (Å²) in [7, 11) is 0.